The second kappa shape index (κ2) is 12.8. The van der Waals surface area contributed by atoms with Crippen molar-refractivity contribution in [3.05, 3.63) is 107 Å². The Morgan fingerprint density at radius 3 is 2.49 bits per heavy atom. The van der Waals surface area contributed by atoms with Crippen LogP contribution in [-0.4, -0.2) is 40.3 Å². The molecule has 0 fully saturated rings. The lowest BCUT2D eigenvalue weighted by molar-refractivity contribution is 0.187. The molecule has 5 rings (SSSR count). The standard InChI is InChI=1S/C31H27F2N4O5P/c1-40-13-12-37-29-17-24(43(38,39)41-2)10-11-28(29)35-30(37)16-21-8-9-22(15-26(21)33)27-4-3-5-31(36-27)42-19-23-7-6-20(18-34)14-25(23)32/h3-11,14-15,17H,12-13,16,19H2,1-2H3,(H,38,39). The maximum Gasteiger partial charge on any atom is 0.358 e. The normalized spacial score (nSPS) is 12.7. The number of hydrogen-bond acceptors (Lipinski definition) is 7. The van der Waals surface area contributed by atoms with Gasteiger partial charge in [0.1, 0.15) is 24.1 Å². The number of imidazole rings is 1. The monoisotopic (exact) mass is 604 g/mol. The summed E-state index contributed by atoms with van der Waals surface area (Å²) in [4.78, 5) is 19.2. The molecule has 0 aliphatic carbocycles. The number of pyridine rings is 1. The Labute approximate surface area is 246 Å². The molecule has 0 aliphatic rings. The minimum absolute atomic E-state index is 0.0891. The molecule has 0 saturated carbocycles. The molecule has 12 heteroatoms. The largest absolute Gasteiger partial charge is 0.473 e. The van der Waals surface area contributed by atoms with E-state index in [9.17, 15) is 13.8 Å². The van der Waals surface area contributed by atoms with E-state index in [1.54, 1.807) is 49.6 Å². The third-order valence-electron chi connectivity index (χ3n) is 6.88. The fourth-order valence-corrected chi connectivity index (χ4v) is 5.33. The molecule has 1 atom stereocenters. The van der Waals surface area contributed by atoms with E-state index in [1.807, 2.05) is 10.6 Å². The first-order chi connectivity index (χ1) is 20.7. The van der Waals surface area contributed by atoms with Gasteiger partial charge in [-0.2, -0.15) is 5.26 Å². The molecule has 1 unspecified atom stereocenters. The van der Waals surface area contributed by atoms with Gasteiger partial charge in [0.25, 0.3) is 0 Å². The number of halogens is 2. The van der Waals surface area contributed by atoms with Gasteiger partial charge in [0.15, 0.2) is 0 Å². The van der Waals surface area contributed by atoms with Gasteiger partial charge < -0.3 is 23.5 Å². The molecule has 2 aromatic heterocycles. The molecule has 0 aliphatic heterocycles. The molecule has 220 valence electrons. The Morgan fingerprint density at radius 2 is 1.77 bits per heavy atom. The van der Waals surface area contributed by atoms with Gasteiger partial charge in [-0.3, -0.25) is 4.57 Å². The van der Waals surface area contributed by atoms with Crippen LogP contribution >= 0.6 is 7.60 Å². The summed E-state index contributed by atoms with van der Waals surface area (Å²) in [6, 6.07) is 20.5. The average molecular weight is 605 g/mol. The van der Waals surface area contributed by atoms with Crippen molar-refractivity contribution >= 4 is 23.9 Å². The molecule has 43 heavy (non-hydrogen) atoms. The minimum atomic E-state index is -3.98. The first kappa shape index (κ1) is 30.0. The van der Waals surface area contributed by atoms with Gasteiger partial charge >= 0.3 is 7.60 Å². The summed E-state index contributed by atoms with van der Waals surface area (Å²) in [7, 11) is -1.25. The highest BCUT2D eigenvalue weighted by atomic mass is 31.2. The predicted molar refractivity (Wildman–Crippen MR) is 156 cm³/mol. The second-order valence-corrected chi connectivity index (χ2v) is 11.5. The summed E-state index contributed by atoms with van der Waals surface area (Å²) in [5.74, 6) is -0.217. The number of hydrogen-bond donors (Lipinski definition) is 1. The number of fused-ring (bicyclic) bond motifs is 1. The molecular formula is C31H27F2N4O5P. The highest BCUT2D eigenvalue weighted by Crippen LogP contribution is 2.40. The van der Waals surface area contributed by atoms with Gasteiger partial charge in [-0.05, 0) is 48.0 Å². The zero-order valence-corrected chi connectivity index (χ0v) is 24.2. The molecule has 3 aromatic carbocycles. The van der Waals surface area contributed by atoms with E-state index in [1.165, 1.54) is 31.4 Å². The molecule has 0 amide bonds. The van der Waals surface area contributed by atoms with Gasteiger partial charge in [-0.25, -0.2) is 18.7 Å². The summed E-state index contributed by atoms with van der Waals surface area (Å²) >= 11 is 0. The van der Waals surface area contributed by atoms with E-state index < -0.39 is 19.2 Å². The zero-order chi connectivity index (χ0) is 30.6. The highest BCUT2D eigenvalue weighted by molar-refractivity contribution is 7.61. The molecule has 0 bridgehead atoms. The van der Waals surface area contributed by atoms with Crippen LogP contribution in [0.2, 0.25) is 0 Å². The number of rotatable bonds is 11. The van der Waals surface area contributed by atoms with E-state index in [0.29, 0.717) is 46.8 Å². The van der Waals surface area contributed by atoms with Crippen molar-refractivity contribution in [3.8, 4) is 23.2 Å². The Morgan fingerprint density at radius 1 is 0.977 bits per heavy atom. The number of benzene rings is 3. The minimum Gasteiger partial charge on any atom is -0.473 e. The third-order valence-corrected chi connectivity index (χ3v) is 8.31. The number of ether oxygens (including phenoxy) is 2. The lowest BCUT2D eigenvalue weighted by Gasteiger charge is -2.12. The molecule has 0 spiro atoms. The lowest BCUT2D eigenvalue weighted by atomic mass is 10.1. The van der Waals surface area contributed by atoms with Gasteiger partial charge in [0.05, 0.1) is 40.3 Å². The molecule has 1 N–H and O–H groups in total. The zero-order valence-electron chi connectivity index (χ0n) is 23.3. The Bertz CT molecular complexity index is 1890. The molecule has 2 heterocycles. The van der Waals surface area contributed by atoms with Crippen molar-refractivity contribution in [2.45, 2.75) is 19.6 Å². The van der Waals surface area contributed by atoms with Crippen LogP contribution in [0.4, 0.5) is 8.78 Å². The molecule has 5 aromatic rings. The van der Waals surface area contributed by atoms with E-state index >= 15 is 4.39 Å². The average Bonchev–Trinajstić information content (AvgIpc) is 3.36. The molecule has 0 radical (unpaired) electrons. The maximum absolute atomic E-state index is 15.4. The van der Waals surface area contributed by atoms with Crippen molar-refractivity contribution in [1.29, 1.82) is 5.26 Å². The van der Waals surface area contributed by atoms with E-state index in [4.69, 9.17) is 19.3 Å². The Balaban J connectivity index is 1.38. The van der Waals surface area contributed by atoms with Crippen molar-refractivity contribution in [3.63, 3.8) is 0 Å². The van der Waals surface area contributed by atoms with Gasteiger partial charge in [0, 0.05) is 44.4 Å². The van der Waals surface area contributed by atoms with E-state index in [-0.39, 0.29) is 35.3 Å². The quantitative estimate of drug-likeness (QED) is 0.196. The summed E-state index contributed by atoms with van der Waals surface area (Å²) in [6.07, 6.45) is 0.160. The van der Waals surface area contributed by atoms with Crippen molar-refractivity contribution in [2.24, 2.45) is 0 Å². The molecule has 0 saturated heterocycles. The van der Waals surface area contributed by atoms with E-state index in [0.717, 1.165) is 6.07 Å². The SMILES string of the molecule is COCCn1c(Cc2ccc(-c3cccc(OCc4ccc(C#N)cc4F)n3)cc2F)nc2ccc(P(=O)(O)OC)cc21. The first-order valence-corrected chi connectivity index (χ1v) is 14.7. The van der Waals surface area contributed by atoms with Crippen molar-refractivity contribution in [2.75, 3.05) is 20.8 Å². The van der Waals surface area contributed by atoms with Crippen LogP contribution in [0.25, 0.3) is 22.3 Å². The summed E-state index contributed by atoms with van der Waals surface area (Å²) in [5.41, 5.74) is 3.07. The number of nitriles is 1. The molecular weight excluding hydrogens is 577 g/mol. The molecule has 9 nitrogen and oxygen atoms in total. The predicted octanol–water partition coefficient (Wildman–Crippen LogP) is 5.52. The van der Waals surface area contributed by atoms with Crippen LogP contribution in [-0.2, 0) is 33.4 Å². The lowest BCUT2D eigenvalue weighted by Crippen LogP contribution is -2.11. The summed E-state index contributed by atoms with van der Waals surface area (Å²) in [6.45, 7) is 0.665. The van der Waals surface area contributed by atoms with Crippen LogP contribution in [0.15, 0.2) is 72.8 Å². The van der Waals surface area contributed by atoms with Crippen LogP contribution in [0, 0.1) is 23.0 Å². The summed E-state index contributed by atoms with van der Waals surface area (Å²) < 4.78 is 59.6. The van der Waals surface area contributed by atoms with Crippen LogP contribution < -0.4 is 10.0 Å². The highest BCUT2D eigenvalue weighted by Gasteiger charge is 2.23. The number of aromatic nitrogens is 3. The van der Waals surface area contributed by atoms with E-state index in [2.05, 4.69) is 9.97 Å². The number of methoxy groups -OCH3 is 1. The van der Waals surface area contributed by atoms with Gasteiger partial charge in [-0.15, -0.1) is 0 Å². The fourth-order valence-electron chi connectivity index (χ4n) is 4.57. The van der Waals surface area contributed by atoms with Gasteiger partial charge in [-0.1, -0.05) is 24.3 Å². The number of nitrogens with zero attached hydrogens (tertiary/aromatic N) is 4. The van der Waals surface area contributed by atoms with Gasteiger partial charge in [0.2, 0.25) is 5.88 Å². The van der Waals surface area contributed by atoms with Crippen LogP contribution in [0.3, 0.4) is 0 Å². The van der Waals surface area contributed by atoms with Crippen molar-refractivity contribution < 1.29 is 32.2 Å². The topological polar surface area (TPSA) is 119 Å². The smallest absolute Gasteiger partial charge is 0.358 e. The van der Waals surface area contributed by atoms with Crippen LogP contribution in [0.1, 0.15) is 22.5 Å². The Kier molecular flexibility index (Phi) is 8.94. The summed E-state index contributed by atoms with van der Waals surface area (Å²) in [5, 5.41) is 9.04. The first-order valence-electron chi connectivity index (χ1n) is 13.2. The van der Waals surface area contributed by atoms with Crippen molar-refractivity contribution in [1.82, 2.24) is 14.5 Å². The maximum atomic E-state index is 15.4. The second-order valence-electron chi connectivity index (χ2n) is 9.60. The third kappa shape index (κ3) is 6.63. The van der Waals surface area contributed by atoms with Crippen LogP contribution in [0.5, 0.6) is 5.88 Å². The fraction of sp³-hybridized carbons (Fsp3) is 0.194. The Hall–Kier alpha value is -4.46.